The van der Waals surface area contributed by atoms with E-state index in [0.717, 1.165) is 11.3 Å². The van der Waals surface area contributed by atoms with E-state index in [0.29, 0.717) is 39.4 Å². The van der Waals surface area contributed by atoms with Crippen LogP contribution in [0.3, 0.4) is 0 Å². The molecule has 1 fully saturated rings. The van der Waals surface area contributed by atoms with Crippen molar-refractivity contribution < 1.29 is 28.6 Å². The number of ketones is 1. The van der Waals surface area contributed by atoms with E-state index in [2.05, 4.69) is 4.98 Å². The summed E-state index contributed by atoms with van der Waals surface area (Å²) in [5.41, 5.74) is 1.37. The Morgan fingerprint density at radius 3 is 2.42 bits per heavy atom. The molecule has 5 rings (SSSR count). The van der Waals surface area contributed by atoms with Gasteiger partial charge in [-0.1, -0.05) is 23.5 Å². The molecule has 0 bridgehead atoms. The lowest BCUT2D eigenvalue weighted by Crippen LogP contribution is -2.29. The zero-order chi connectivity index (χ0) is 25.4. The highest BCUT2D eigenvalue weighted by molar-refractivity contribution is 7.22. The average Bonchev–Trinajstić information content (AvgIpc) is 3.42. The number of fused-ring (bicyclic) bond motifs is 1. The van der Waals surface area contributed by atoms with E-state index in [1.807, 2.05) is 6.92 Å². The molecule has 2 heterocycles. The van der Waals surface area contributed by atoms with Crippen molar-refractivity contribution in [2.24, 2.45) is 0 Å². The summed E-state index contributed by atoms with van der Waals surface area (Å²) >= 11 is 1.09. The number of aromatic nitrogens is 1. The third-order valence-corrected chi connectivity index (χ3v) is 6.88. The lowest BCUT2D eigenvalue weighted by atomic mass is 9.95. The summed E-state index contributed by atoms with van der Waals surface area (Å²) in [6.07, 6.45) is 0. The molecule has 0 radical (unpaired) electrons. The van der Waals surface area contributed by atoms with Crippen LogP contribution in [0.2, 0.25) is 0 Å². The second-order valence-electron chi connectivity index (χ2n) is 8.01. The standard InChI is InChI=1S/C27H21FN2O5S/c1-3-35-19-11-6-16(7-12-19)24(31)22-23(15-4-9-18(34-2)10-5-15)30(26(33)25(22)32)27-29-20-13-8-17(28)14-21(20)36-27/h4-14,23,31H,3H2,1-2H3/b24-22+. The Labute approximate surface area is 210 Å². The molecular formula is C27H21FN2O5S. The average molecular weight is 505 g/mol. The van der Waals surface area contributed by atoms with Gasteiger partial charge >= 0.3 is 5.91 Å². The number of aliphatic hydroxyl groups is 1. The molecule has 182 valence electrons. The molecule has 1 saturated heterocycles. The molecule has 1 atom stereocenters. The van der Waals surface area contributed by atoms with Gasteiger partial charge in [0.05, 0.1) is 35.5 Å². The van der Waals surface area contributed by atoms with Gasteiger partial charge in [-0.2, -0.15) is 0 Å². The summed E-state index contributed by atoms with van der Waals surface area (Å²) in [6, 6.07) is 16.7. The maximum atomic E-state index is 13.8. The van der Waals surface area contributed by atoms with Gasteiger partial charge in [-0.3, -0.25) is 14.5 Å². The molecule has 7 nitrogen and oxygen atoms in total. The highest BCUT2D eigenvalue weighted by Crippen LogP contribution is 2.44. The zero-order valence-electron chi connectivity index (χ0n) is 19.4. The van der Waals surface area contributed by atoms with Crippen molar-refractivity contribution in [3.8, 4) is 11.5 Å². The van der Waals surface area contributed by atoms with Crippen molar-refractivity contribution in [2.75, 3.05) is 18.6 Å². The summed E-state index contributed by atoms with van der Waals surface area (Å²) in [5, 5.41) is 11.5. The number of hydrogen-bond acceptors (Lipinski definition) is 7. The first-order valence-corrected chi connectivity index (χ1v) is 12.0. The van der Waals surface area contributed by atoms with Crippen molar-refractivity contribution in [3.05, 3.63) is 89.2 Å². The number of anilines is 1. The Balaban J connectivity index is 1.68. The minimum absolute atomic E-state index is 0.0697. The van der Waals surface area contributed by atoms with Crippen LogP contribution >= 0.6 is 11.3 Å². The first kappa shape index (κ1) is 23.5. The molecule has 1 aliphatic rings. The van der Waals surface area contributed by atoms with Gasteiger partial charge in [-0.25, -0.2) is 9.37 Å². The first-order valence-electron chi connectivity index (χ1n) is 11.2. The van der Waals surface area contributed by atoms with Crippen LogP contribution in [0.15, 0.2) is 72.3 Å². The van der Waals surface area contributed by atoms with E-state index >= 15 is 0 Å². The van der Waals surface area contributed by atoms with Crippen molar-refractivity contribution in [1.82, 2.24) is 4.98 Å². The van der Waals surface area contributed by atoms with Gasteiger partial charge in [0.2, 0.25) is 0 Å². The van der Waals surface area contributed by atoms with Gasteiger partial charge in [-0.05, 0) is 67.1 Å². The monoisotopic (exact) mass is 504 g/mol. The number of hydrogen-bond donors (Lipinski definition) is 1. The van der Waals surface area contributed by atoms with Gasteiger partial charge in [0.1, 0.15) is 23.1 Å². The van der Waals surface area contributed by atoms with Gasteiger partial charge in [0.25, 0.3) is 5.78 Å². The number of thiazole rings is 1. The Morgan fingerprint density at radius 1 is 1.06 bits per heavy atom. The maximum Gasteiger partial charge on any atom is 0.301 e. The van der Waals surface area contributed by atoms with Crippen molar-refractivity contribution in [3.63, 3.8) is 0 Å². The number of nitrogens with zero attached hydrogens (tertiary/aromatic N) is 2. The maximum absolute atomic E-state index is 13.8. The molecule has 1 unspecified atom stereocenters. The van der Waals surface area contributed by atoms with E-state index in [1.165, 1.54) is 30.2 Å². The van der Waals surface area contributed by atoms with E-state index in [9.17, 15) is 19.1 Å². The normalized spacial score (nSPS) is 17.1. The number of benzene rings is 3. The quantitative estimate of drug-likeness (QED) is 0.213. The molecule has 1 N–H and O–H groups in total. The topological polar surface area (TPSA) is 89.0 Å². The molecule has 1 aromatic heterocycles. The van der Waals surface area contributed by atoms with Crippen LogP contribution in [0.5, 0.6) is 11.5 Å². The number of Topliss-reactive ketones (excluding diaryl/α,β-unsaturated/α-hetero) is 1. The first-order chi connectivity index (χ1) is 17.4. The molecule has 0 saturated carbocycles. The molecule has 1 amide bonds. The summed E-state index contributed by atoms with van der Waals surface area (Å²) in [7, 11) is 1.53. The fraction of sp³-hybridized carbons (Fsp3) is 0.148. The summed E-state index contributed by atoms with van der Waals surface area (Å²) in [4.78, 5) is 32.4. The molecule has 4 aromatic rings. The number of halogens is 1. The van der Waals surface area contributed by atoms with E-state index in [1.54, 1.807) is 48.5 Å². The Bertz CT molecular complexity index is 1500. The largest absolute Gasteiger partial charge is 0.507 e. The van der Waals surface area contributed by atoms with Gasteiger partial charge in [0.15, 0.2) is 5.13 Å². The fourth-order valence-corrected chi connectivity index (χ4v) is 5.17. The summed E-state index contributed by atoms with van der Waals surface area (Å²) < 4.78 is 25.0. The minimum atomic E-state index is -0.951. The molecule has 9 heteroatoms. The van der Waals surface area contributed by atoms with E-state index < -0.39 is 23.5 Å². The zero-order valence-corrected chi connectivity index (χ0v) is 20.2. The summed E-state index contributed by atoms with van der Waals surface area (Å²) in [6.45, 7) is 2.35. The van der Waals surface area contributed by atoms with Crippen LogP contribution in [-0.2, 0) is 9.59 Å². The number of rotatable bonds is 6. The van der Waals surface area contributed by atoms with E-state index in [4.69, 9.17) is 9.47 Å². The molecule has 3 aromatic carbocycles. The van der Waals surface area contributed by atoms with Crippen molar-refractivity contribution in [2.45, 2.75) is 13.0 Å². The second kappa shape index (κ2) is 9.43. The van der Waals surface area contributed by atoms with Crippen LogP contribution in [0.4, 0.5) is 9.52 Å². The number of methoxy groups -OCH3 is 1. The highest BCUT2D eigenvalue weighted by Gasteiger charge is 2.48. The van der Waals surface area contributed by atoms with Crippen molar-refractivity contribution >= 4 is 44.1 Å². The third kappa shape index (κ3) is 4.07. The fourth-order valence-electron chi connectivity index (χ4n) is 4.15. The minimum Gasteiger partial charge on any atom is -0.507 e. The molecule has 0 aliphatic carbocycles. The molecule has 36 heavy (non-hydrogen) atoms. The van der Waals surface area contributed by atoms with Crippen LogP contribution in [0.25, 0.3) is 16.0 Å². The molecular weight excluding hydrogens is 483 g/mol. The third-order valence-electron chi connectivity index (χ3n) is 5.86. The number of amides is 1. The number of carbonyl (C=O) groups is 2. The van der Waals surface area contributed by atoms with E-state index in [-0.39, 0.29) is 16.5 Å². The highest BCUT2D eigenvalue weighted by atomic mass is 32.1. The number of ether oxygens (including phenoxy) is 2. The van der Waals surface area contributed by atoms with Crippen LogP contribution in [0.1, 0.15) is 24.1 Å². The Kier molecular flexibility index (Phi) is 6.15. The predicted octanol–water partition coefficient (Wildman–Crippen LogP) is 5.47. The second-order valence-corrected chi connectivity index (χ2v) is 9.02. The van der Waals surface area contributed by atoms with Crippen molar-refractivity contribution in [1.29, 1.82) is 0 Å². The lowest BCUT2D eigenvalue weighted by Gasteiger charge is -2.23. The molecule has 1 aliphatic heterocycles. The van der Waals surface area contributed by atoms with Crippen LogP contribution in [-0.4, -0.2) is 35.5 Å². The smallest absolute Gasteiger partial charge is 0.301 e. The Morgan fingerprint density at radius 2 is 1.75 bits per heavy atom. The van der Waals surface area contributed by atoms with Gasteiger partial charge < -0.3 is 14.6 Å². The Hall–Kier alpha value is -4.24. The van der Waals surface area contributed by atoms with Gasteiger partial charge in [-0.15, -0.1) is 0 Å². The van der Waals surface area contributed by atoms with Crippen LogP contribution in [0, 0.1) is 5.82 Å². The lowest BCUT2D eigenvalue weighted by molar-refractivity contribution is -0.132. The summed E-state index contributed by atoms with van der Waals surface area (Å²) in [5.74, 6) is -1.20. The predicted molar refractivity (Wildman–Crippen MR) is 135 cm³/mol. The number of aliphatic hydroxyl groups excluding tert-OH is 1. The molecule has 0 spiro atoms. The number of carbonyl (C=O) groups excluding carboxylic acids is 2. The SMILES string of the molecule is CCOc1ccc(/C(O)=C2\C(=O)C(=O)N(c3nc4ccc(F)cc4s3)C2c2ccc(OC)cc2)cc1. The van der Waals surface area contributed by atoms with Crippen LogP contribution < -0.4 is 14.4 Å². The van der Waals surface area contributed by atoms with Gasteiger partial charge in [0, 0.05) is 5.56 Å².